The molecular weight excluding hydrogens is 332 g/mol. The van der Waals surface area contributed by atoms with Gasteiger partial charge in [0.15, 0.2) is 0 Å². The zero-order valence-electron chi connectivity index (χ0n) is 14.4. The van der Waals surface area contributed by atoms with E-state index in [9.17, 15) is 9.90 Å². The normalized spacial score (nSPS) is 14.5. The van der Waals surface area contributed by atoms with Gasteiger partial charge in [0.25, 0.3) is 5.91 Å². The summed E-state index contributed by atoms with van der Waals surface area (Å²) in [5.41, 5.74) is 6.41. The lowest BCUT2D eigenvalue weighted by molar-refractivity contribution is 0.100. The molecule has 1 amide bonds. The van der Waals surface area contributed by atoms with Crippen LogP contribution in [0.25, 0.3) is 0 Å². The summed E-state index contributed by atoms with van der Waals surface area (Å²) >= 11 is 0. The number of nitrogens with zero attached hydrogens (tertiary/aromatic N) is 3. The van der Waals surface area contributed by atoms with Crippen LogP contribution in [0.2, 0.25) is 0 Å². The highest BCUT2D eigenvalue weighted by Gasteiger charge is 2.21. The highest BCUT2D eigenvalue weighted by molar-refractivity contribution is 6.04. The second-order valence-electron chi connectivity index (χ2n) is 6.21. The van der Waals surface area contributed by atoms with Crippen LogP contribution in [0.1, 0.15) is 41.7 Å². The lowest BCUT2D eigenvalue weighted by Crippen LogP contribution is -2.28. The number of hydrogen-bond acceptors (Lipinski definition) is 7. The predicted molar refractivity (Wildman–Crippen MR) is 101 cm³/mol. The quantitative estimate of drug-likeness (QED) is 0.482. The van der Waals surface area contributed by atoms with Crippen molar-refractivity contribution >= 4 is 29.6 Å². The van der Waals surface area contributed by atoms with Crippen molar-refractivity contribution in [1.82, 2.24) is 9.97 Å². The van der Waals surface area contributed by atoms with Crippen LogP contribution in [-0.4, -0.2) is 40.3 Å². The number of benzene rings is 1. The molecule has 2 aromatic rings. The van der Waals surface area contributed by atoms with E-state index in [2.05, 4.69) is 20.2 Å². The Morgan fingerprint density at radius 3 is 2.38 bits per heavy atom. The molecule has 0 atom stereocenters. The van der Waals surface area contributed by atoms with Crippen molar-refractivity contribution in [1.29, 1.82) is 5.41 Å². The van der Waals surface area contributed by atoms with E-state index in [1.165, 1.54) is 25.0 Å². The van der Waals surface area contributed by atoms with Gasteiger partial charge in [0.2, 0.25) is 5.95 Å². The molecule has 0 spiro atoms. The molecule has 0 bridgehead atoms. The van der Waals surface area contributed by atoms with Crippen molar-refractivity contribution in [2.45, 2.75) is 25.7 Å². The molecular formula is C18H22N6O2. The largest absolute Gasteiger partial charge is 0.508 e. The monoisotopic (exact) mass is 354 g/mol. The van der Waals surface area contributed by atoms with E-state index in [4.69, 9.17) is 11.1 Å². The Kier molecular flexibility index (Phi) is 5.31. The first-order valence-electron chi connectivity index (χ1n) is 8.62. The van der Waals surface area contributed by atoms with Crippen LogP contribution in [0.5, 0.6) is 5.75 Å². The maximum absolute atomic E-state index is 11.9. The van der Waals surface area contributed by atoms with E-state index >= 15 is 0 Å². The highest BCUT2D eigenvalue weighted by Crippen LogP contribution is 2.25. The molecule has 26 heavy (non-hydrogen) atoms. The number of aromatic nitrogens is 2. The Hall–Kier alpha value is -3.16. The van der Waals surface area contributed by atoms with Crippen molar-refractivity contribution < 1.29 is 9.90 Å². The molecule has 136 valence electrons. The summed E-state index contributed by atoms with van der Waals surface area (Å²) in [6.07, 6.45) is 5.48. The van der Waals surface area contributed by atoms with E-state index in [-0.39, 0.29) is 22.8 Å². The molecule has 1 aliphatic rings. The molecule has 8 nitrogen and oxygen atoms in total. The van der Waals surface area contributed by atoms with Gasteiger partial charge in [-0.3, -0.25) is 4.79 Å². The maximum atomic E-state index is 11.9. The number of carbonyl (C=O) groups excluding carboxylic acids is 1. The average molecular weight is 354 g/mol. The number of nitrogens with two attached hydrogens (primary N) is 1. The van der Waals surface area contributed by atoms with Crippen LogP contribution in [0.15, 0.2) is 24.3 Å². The third kappa shape index (κ3) is 3.90. The molecule has 1 aromatic heterocycles. The Morgan fingerprint density at radius 1 is 1.15 bits per heavy atom. The van der Waals surface area contributed by atoms with Crippen molar-refractivity contribution in [3.8, 4) is 5.75 Å². The fourth-order valence-electron chi connectivity index (χ4n) is 3.00. The summed E-state index contributed by atoms with van der Waals surface area (Å²) < 4.78 is 0. The van der Waals surface area contributed by atoms with Gasteiger partial charge in [-0.05, 0) is 37.1 Å². The Balaban J connectivity index is 2.03. The summed E-state index contributed by atoms with van der Waals surface area (Å²) in [6, 6.07) is 6.39. The second-order valence-corrected chi connectivity index (χ2v) is 6.21. The van der Waals surface area contributed by atoms with Crippen LogP contribution < -0.4 is 16.0 Å². The first-order chi connectivity index (χ1) is 12.6. The molecule has 0 unspecified atom stereocenters. The standard InChI is InChI=1S/C18H22N6O2/c19-11-14-15(16(20)26)17(21-12-5-7-13(25)8-6-12)23-18(22-14)24-9-3-1-2-4-10-24/h5-8,11,19,25H,1-4,9-10H2,(H2,20,26)(H,21,22,23). The number of primary amides is 1. The predicted octanol–water partition coefficient (Wildman–Crippen LogP) is 2.40. The Labute approximate surface area is 151 Å². The number of nitrogens with one attached hydrogen (secondary N) is 2. The molecule has 1 saturated heterocycles. The number of anilines is 3. The first-order valence-corrected chi connectivity index (χ1v) is 8.62. The molecule has 0 radical (unpaired) electrons. The molecule has 5 N–H and O–H groups in total. The summed E-state index contributed by atoms with van der Waals surface area (Å²) in [7, 11) is 0. The Morgan fingerprint density at radius 2 is 1.81 bits per heavy atom. The summed E-state index contributed by atoms with van der Waals surface area (Å²) in [6.45, 7) is 1.68. The third-order valence-corrected chi connectivity index (χ3v) is 4.33. The van der Waals surface area contributed by atoms with E-state index in [0.29, 0.717) is 11.6 Å². The number of phenolic OH excluding ortho intramolecular Hbond substituents is 1. The van der Waals surface area contributed by atoms with Crippen LogP contribution >= 0.6 is 0 Å². The van der Waals surface area contributed by atoms with Crippen LogP contribution in [0.4, 0.5) is 17.5 Å². The van der Waals surface area contributed by atoms with Crippen molar-refractivity contribution in [2.75, 3.05) is 23.3 Å². The lowest BCUT2D eigenvalue weighted by atomic mass is 10.2. The SMILES string of the molecule is N=Cc1nc(N2CCCCCC2)nc(Nc2ccc(O)cc2)c1C(N)=O. The highest BCUT2D eigenvalue weighted by atomic mass is 16.3. The van der Waals surface area contributed by atoms with Gasteiger partial charge in [0.05, 0.1) is 0 Å². The smallest absolute Gasteiger partial charge is 0.254 e. The maximum Gasteiger partial charge on any atom is 0.254 e. The molecule has 1 aromatic carbocycles. The average Bonchev–Trinajstić information content (AvgIpc) is 2.92. The van der Waals surface area contributed by atoms with Gasteiger partial charge in [0.1, 0.15) is 22.8 Å². The molecule has 1 fully saturated rings. The molecule has 8 heteroatoms. The zero-order chi connectivity index (χ0) is 18.5. The minimum atomic E-state index is -0.702. The van der Waals surface area contributed by atoms with Gasteiger partial charge >= 0.3 is 0 Å². The fourth-order valence-corrected chi connectivity index (χ4v) is 3.00. The number of carbonyl (C=O) groups is 1. The minimum absolute atomic E-state index is 0.0756. The van der Waals surface area contributed by atoms with Crippen molar-refractivity contribution in [3.63, 3.8) is 0 Å². The van der Waals surface area contributed by atoms with E-state index in [1.807, 2.05) is 0 Å². The van der Waals surface area contributed by atoms with Gasteiger partial charge < -0.3 is 26.5 Å². The minimum Gasteiger partial charge on any atom is -0.508 e. The summed E-state index contributed by atoms with van der Waals surface area (Å²) in [4.78, 5) is 22.9. The van der Waals surface area contributed by atoms with Crippen LogP contribution in [0, 0.1) is 5.41 Å². The molecule has 0 aliphatic carbocycles. The van der Waals surface area contributed by atoms with E-state index in [0.717, 1.165) is 32.1 Å². The van der Waals surface area contributed by atoms with Crippen LogP contribution in [-0.2, 0) is 0 Å². The summed E-state index contributed by atoms with van der Waals surface area (Å²) in [5, 5.41) is 20.1. The lowest BCUT2D eigenvalue weighted by Gasteiger charge is -2.22. The first kappa shape index (κ1) is 17.7. The molecule has 2 heterocycles. The van der Waals surface area contributed by atoms with Gasteiger partial charge in [0, 0.05) is 25.0 Å². The number of amides is 1. The number of hydrogen-bond donors (Lipinski definition) is 4. The van der Waals surface area contributed by atoms with Gasteiger partial charge in [-0.25, -0.2) is 4.98 Å². The number of rotatable bonds is 5. The van der Waals surface area contributed by atoms with Crippen LogP contribution in [0.3, 0.4) is 0 Å². The van der Waals surface area contributed by atoms with Crippen molar-refractivity contribution in [3.05, 3.63) is 35.5 Å². The van der Waals surface area contributed by atoms with Gasteiger partial charge in [-0.2, -0.15) is 4.98 Å². The molecule has 1 aliphatic heterocycles. The van der Waals surface area contributed by atoms with Gasteiger partial charge in [-0.15, -0.1) is 0 Å². The van der Waals surface area contributed by atoms with Crippen molar-refractivity contribution in [2.24, 2.45) is 5.73 Å². The zero-order valence-corrected chi connectivity index (χ0v) is 14.4. The topological polar surface area (TPSA) is 128 Å². The molecule has 0 saturated carbocycles. The second kappa shape index (κ2) is 7.81. The van der Waals surface area contributed by atoms with E-state index in [1.54, 1.807) is 12.1 Å². The Bertz CT molecular complexity index is 798. The third-order valence-electron chi connectivity index (χ3n) is 4.33. The number of phenols is 1. The summed E-state index contributed by atoms with van der Waals surface area (Å²) in [5.74, 6) is 0.179. The number of aromatic hydroxyl groups is 1. The van der Waals surface area contributed by atoms with E-state index < -0.39 is 5.91 Å². The van der Waals surface area contributed by atoms with Gasteiger partial charge in [-0.1, -0.05) is 12.8 Å². The fraction of sp³-hybridized carbons (Fsp3) is 0.333. The molecule has 3 rings (SSSR count).